The topological polar surface area (TPSA) is 73.8 Å². The Kier molecular flexibility index (Phi) is 8.08. The largest absolute Gasteiger partial charge is 0.497 e. The molecule has 0 bridgehead atoms. The number of β-amino-alcohol motifs (C(OH)–C–C–N with tert-alkyl or cyclic N) is 1. The number of piperazine rings is 1. The summed E-state index contributed by atoms with van der Waals surface area (Å²) in [5.41, 5.74) is 5.11. The standard InChI is InChI=1S/C31H36N4O3/c1-22-29(33-31(32-22)25-7-5-4-6-8-25)28(36)21-34-17-19-35(20-18-34)30(23-9-13-26(37-2)14-10-23)24-11-15-27(38-3)16-12-24/h4-16,28,30,36H,17-21H2,1-3H3,(H,32,33). The van der Waals surface area contributed by atoms with Gasteiger partial charge in [0.1, 0.15) is 23.4 Å². The van der Waals surface area contributed by atoms with Crippen molar-refractivity contribution in [1.82, 2.24) is 19.8 Å². The van der Waals surface area contributed by atoms with Gasteiger partial charge in [-0.3, -0.25) is 9.80 Å². The fourth-order valence-corrected chi connectivity index (χ4v) is 5.25. The van der Waals surface area contributed by atoms with Gasteiger partial charge in [-0.15, -0.1) is 0 Å². The number of benzene rings is 3. The van der Waals surface area contributed by atoms with Crippen LogP contribution in [0.15, 0.2) is 78.9 Å². The van der Waals surface area contributed by atoms with Gasteiger partial charge in [0.25, 0.3) is 0 Å². The van der Waals surface area contributed by atoms with E-state index in [0.717, 1.165) is 60.5 Å². The molecular formula is C31H36N4O3. The fraction of sp³-hybridized carbons (Fsp3) is 0.323. The van der Waals surface area contributed by atoms with Crippen LogP contribution in [0.1, 0.15) is 34.7 Å². The number of hydrogen-bond donors (Lipinski definition) is 2. The van der Waals surface area contributed by atoms with Crippen molar-refractivity contribution in [3.63, 3.8) is 0 Å². The van der Waals surface area contributed by atoms with Crippen LogP contribution in [-0.2, 0) is 0 Å². The number of H-pyrrole nitrogens is 1. The average Bonchev–Trinajstić information content (AvgIpc) is 3.37. The fourth-order valence-electron chi connectivity index (χ4n) is 5.25. The molecule has 1 aromatic heterocycles. The van der Waals surface area contributed by atoms with E-state index < -0.39 is 6.10 Å². The Labute approximate surface area is 224 Å². The van der Waals surface area contributed by atoms with Gasteiger partial charge in [-0.2, -0.15) is 0 Å². The molecule has 1 unspecified atom stereocenters. The SMILES string of the molecule is COc1ccc(C(c2ccc(OC)cc2)N2CCN(CC(O)c3nc(-c4ccccc4)[nH]c3C)CC2)cc1. The van der Waals surface area contributed by atoms with E-state index in [1.165, 1.54) is 11.1 Å². The van der Waals surface area contributed by atoms with E-state index in [0.29, 0.717) is 6.54 Å². The summed E-state index contributed by atoms with van der Waals surface area (Å²) in [7, 11) is 3.38. The van der Waals surface area contributed by atoms with Crippen LogP contribution in [0, 0.1) is 6.92 Å². The Morgan fingerprint density at radius 1 is 0.816 bits per heavy atom. The van der Waals surface area contributed by atoms with Crippen molar-refractivity contribution < 1.29 is 14.6 Å². The quantitative estimate of drug-likeness (QED) is 0.334. The molecule has 5 rings (SSSR count). The van der Waals surface area contributed by atoms with Crippen LogP contribution in [0.2, 0.25) is 0 Å². The smallest absolute Gasteiger partial charge is 0.137 e. The zero-order valence-corrected chi connectivity index (χ0v) is 22.3. The zero-order chi connectivity index (χ0) is 26.5. The molecule has 7 heteroatoms. The second-order valence-corrected chi connectivity index (χ2v) is 9.76. The lowest BCUT2D eigenvalue weighted by Crippen LogP contribution is -2.48. The van der Waals surface area contributed by atoms with Gasteiger partial charge in [-0.25, -0.2) is 4.98 Å². The van der Waals surface area contributed by atoms with Gasteiger partial charge in [-0.1, -0.05) is 54.6 Å². The molecule has 1 fully saturated rings. The number of nitrogens with zero attached hydrogens (tertiary/aromatic N) is 3. The second kappa shape index (κ2) is 11.8. The molecule has 0 spiro atoms. The van der Waals surface area contributed by atoms with Crippen LogP contribution >= 0.6 is 0 Å². The van der Waals surface area contributed by atoms with E-state index in [9.17, 15) is 5.11 Å². The third-order valence-electron chi connectivity index (χ3n) is 7.35. The van der Waals surface area contributed by atoms with Gasteiger partial charge in [0.2, 0.25) is 0 Å². The van der Waals surface area contributed by atoms with Crippen molar-refractivity contribution in [3.8, 4) is 22.9 Å². The monoisotopic (exact) mass is 512 g/mol. The molecule has 1 atom stereocenters. The van der Waals surface area contributed by atoms with Crippen LogP contribution in [0.3, 0.4) is 0 Å². The zero-order valence-electron chi connectivity index (χ0n) is 22.3. The Morgan fingerprint density at radius 2 is 1.37 bits per heavy atom. The summed E-state index contributed by atoms with van der Waals surface area (Å²) in [5, 5.41) is 11.1. The van der Waals surface area contributed by atoms with Crippen molar-refractivity contribution >= 4 is 0 Å². The highest BCUT2D eigenvalue weighted by molar-refractivity contribution is 5.55. The van der Waals surface area contributed by atoms with E-state index in [-0.39, 0.29) is 6.04 Å². The lowest BCUT2D eigenvalue weighted by molar-refractivity contribution is 0.0606. The molecule has 7 nitrogen and oxygen atoms in total. The summed E-state index contributed by atoms with van der Waals surface area (Å²) in [6.07, 6.45) is -0.644. The highest BCUT2D eigenvalue weighted by Gasteiger charge is 2.28. The maximum atomic E-state index is 11.1. The lowest BCUT2D eigenvalue weighted by Gasteiger charge is -2.40. The average molecular weight is 513 g/mol. The van der Waals surface area contributed by atoms with Crippen molar-refractivity contribution in [2.24, 2.45) is 0 Å². The molecule has 1 saturated heterocycles. The van der Waals surface area contributed by atoms with E-state index in [2.05, 4.69) is 39.0 Å². The molecular weight excluding hydrogens is 476 g/mol. The highest BCUT2D eigenvalue weighted by atomic mass is 16.5. The first-order chi connectivity index (χ1) is 18.6. The van der Waals surface area contributed by atoms with Crippen LogP contribution in [-0.4, -0.2) is 71.8 Å². The van der Waals surface area contributed by atoms with E-state index in [4.69, 9.17) is 14.5 Å². The first kappa shape index (κ1) is 26.0. The molecule has 1 aliphatic heterocycles. The number of methoxy groups -OCH3 is 2. The molecule has 0 aliphatic carbocycles. The Hall–Kier alpha value is -3.65. The first-order valence-corrected chi connectivity index (χ1v) is 13.1. The Balaban J connectivity index is 1.27. The van der Waals surface area contributed by atoms with E-state index in [1.807, 2.05) is 61.5 Å². The number of rotatable bonds is 9. The predicted molar refractivity (Wildman–Crippen MR) is 150 cm³/mol. The van der Waals surface area contributed by atoms with Gasteiger partial charge in [-0.05, 0) is 42.3 Å². The van der Waals surface area contributed by atoms with Gasteiger partial charge >= 0.3 is 0 Å². The number of hydrogen-bond acceptors (Lipinski definition) is 6. The normalized spacial score (nSPS) is 15.5. The minimum absolute atomic E-state index is 0.126. The van der Waals surface area contributed by atoms with Crippen molar-refractivity contribution in [3.05, 3.63) is 101 Å². The van der Waals surface area contributed by atoms with Crippen molar-refractivity contribution in [2.75, 3.05) is 46.9 Å². The van der Waals surface area contributed by atoms with Crippen molar-refractivity contribution in [1.29, 1.82) is 0 Å². The number of imidazole rings is 1. The molecule has 38 heavy (non-hydrogen) atoms. The minimum Gasteiger partial charge on any atom is -0.497 e. The minimum atomic E-state index is -0.644. The molecule has 198 valence electrons. The van der Waals surface area contributed by atoms with Gasteiger partial charge in [0, 0.05) is 44.0 Å². The van der Waals surface area contributed by atoms with Crippen LogP contribution in [0.25, 0.3) is 11.4 Å². The number of aromatic amines is 1. The Bertz CT molecular complexity index is 1250. The summed E-state index contributed by atoms with van der Waals surface area (Å²) < 4.78 is 10.8. The second-order valence-electron chi connectivity index (χ2n) is 9.76. The number of aliphatic hydroxyl groups is 1. The first-order valence-electron chi connectivity index (χ1n) is 13.1. The summed E-state index contributed by atoms with van der Waals surface area (Å²) in [6.45, 7) is 6.06. The number of ether oxygens (including phenoxy) is 2. The molecule has 2 N–H and O–H groups in total. The van der Waals surface area contributed by atoms with Crippen LogP contribution in [0.5, 0.6) is 11.5 Å². The number of nitrogens with one attached hydrogen (secondary N) is 1. The maximum absolute atomic E-state index is 11.1. The number of aryl methyl sites for hydroxylation is 1. The van der Waals surface area contributed by atoms with Gasteiger partial charge in [0.15, 0.2) is 0 Å². The summed E-state index contributed by atoms with van der Waals surface area (Å²) >= 11 is 0. The lowest BCUT2D eigenvalue weighted by atomic mass is 9.96. The van der Waals surface area contributed by atoms with E-state index >= 15 is 0 Å². The number of aliphatic hydroxyl groups excluding tert-OH is 1. The molecule has 1 aliphatic rings. The molecule has 0 radical (unpaired) electrons. The molecule has 0 amide bonds. The number of aromatic nitrogens is 2. The predicted octanol–water partition coefficient (Wildman–Crippen LogP) is 4.84. The highest BCUT2D eigenvalue weighted by Crippen LogP contribution is 2.32. The third kappa shape index (κ3) is 5.75. The third-order valence-corrected chi connectivity index (χ3v) is 7.35. The summed E-state index contributed by atoms with van der Waals surface area (Å²) in [4.78, 5) is 12.9. The van der Waals surface area contributed by atoms with Crippen LogP contribution < -0.4 is 9.47 Å². The molecule has 3 aromatic carbocycles. The van der Waals surface area contributed by atoms with Gasteiger partial charge < -0.3 is 19.6 Å². The van der Waals surface area contributed by atoms with Crippen LogP contribution in [0.4, 0.5) is 0 Å². The maximum Gasteiger partial charge on any atom is 0.137 e. The summed E-state index contributed by atoms with van der Waals surface area (Å²) in [5.74, 6) is 2.50. The summed E-state index contributed by atoms with van der Waals surface area (Å²) in [6, 6.07) is 26.8. The Morgan fingerprint density at radius 3 is 1.89 bits per heavy atom. The van der Waals surface area contributed by atoms with E-state index in [1.54, 1.807) is 14.2 Å². The van der Waals surface area contributed by atoms with Crippen molar-refractivity contribution in [2.45, 2.75) is 19.1 Å². The molecule has 0 saturated carbocycles. The van der Waals surface area contributed by atoms with Gasteiger partial charge in [0.05, 0.1) is 26.0 Å². The molecule has 4 aromatic rings. The molecule has 2 heterocycles.